The lowest BCUT2D eigenvalue weighted by Gasteiger charge is -2.49. The average Bonchev–Trinajstić information content (AvgIpc) is 3.38. The zero-order valence-electron chi connectivity index (χ0n) is 32.2. The van der Waals surface area contributed by atoms with Crippen molar-refractivity contribution in [3.8, 4) is 0 Å². The van der Waals surface area contributed by atoms with Gasteiger partial charge in [-0.3, -0.25) is 4.79 Å². The second-order valence-corrected chi connectivity index (χ2v) is 27.5. The second-order valence-electron chi connectivity index (χ2n) is 17.3. The van der Waals surface area contributed by atoms with Crippen LogP contribution in [0.5, 0.6) is 0 Å². The summed E-state index contributed by atoms with van der Waals surface area (Å²) in [4.78, 5) is 55.8. The van der Waals surface area contributed by atoms with Gasteiger partial charge < -0.3 is 39.3 Å². The minimum absolute atomic E-state index is 0.0670. The number of ether oxygens (including phenoxy) is 3. The van der Waals surface area contributed by atoms with Crippen LogP contribution in [0.1, 0.15) is 77.3 Å². The molecular formula is C39H57N3O7Si2. The number of carbonyl (C=O) groups excluding carboxylic acids is 4. The van der Waals surface area contributed by atoms with Gasteiger partial charge in [0, 0.05) is 56.1 Å². The zero-order chi connectivity index (χ0) is 37.5. The van der Waals surface area contributed by atoms with Crippen LogP contribution in [0.4, 0.5) is 4.79 Å². The van der Waals surface area contributed by atoms with Crippen LogP contribution in [-0.4, -0.2) is 74.4 Å². The Hall–Kier alpha value is -3.49. The summed E-state index contributed by atoms with van der Waals surface area (Å²) in [5.74, 6) is 0.296. The Kier molecular flexibility index (Phi) is 11.0. The number of nitrogens with zero attached hydrogens (tertiary/aromatic N) is 1. The molecule has 1 aromatic rings. The molecule has 0 fully saturated rings. The average molecular weight is 736 g/mol. The molecule has 3 aliphatic heterocycles. The predicted molar refractivity (Wildman–Crippen MR) is 204 cm³/mol. The highest BCUT2D eigenvalue weighted by molar-refractivity contribution is 7.03. The molecule has 10 nitrogen and oxygen atoms in total. The fraction of sp³-hybridized carbons (Fsp3) is 0.590. The first-order chi connectivity index (χ1) is 23.7. The standard InChI is InChI=1S/C39H57N3O7Si2/c1-11-39(48-33(43)17-14-18-40-37(46)49-38(2,3)4)29-21-30-36(42-23-26-16-13-12-15-25(26)19-32(42)41-30)27(20-34(44)50(5,6)7)28(29)24-47-31(39)22-35(45)51(8,9)10/h12-13,15-16,19,27,31,41H,11,14,17-18,20-24H2,1-10H3,(H,40,46). The SMILES string of the molecule is CCC1(OC(=O)CCCNC(=O)OC(C)(C)C)C2=C(COC1CC(=O)[Si](C)(C)C)C(CC(=O)[Si](C)(C)C)C1=C(C2)NC2=Cc3ccccc3CN21. The molecule has 4 aliphatic rings. The molecule has 0 radical (unpaired) electrons. The Labute approximate surface area is 305 Å². The van der Waals surface area contributed by atoms with E-state index in [4.69, 9.17) is 14.2 Å². The molecule has 12 heteroatoms. The monoisotopic (exact) mass is 735 g/mol. The maximum Gasteiger partial charge on any atom is 0.407 e. The van der Waals surface area contributed by atoms with E-state index in [1.165, 1.54) is 5.56 Å². The van der Waals surface area contributed by atoms with E-state index in [-0.39, 0.29) is 42.7 Å². The van der Waals surface area contributed by atoms with Crippen LogP contribution < -0.4 is 10.6 Å². The van der Waals surface area contributed by atoms with Gasteiger partial charge in [0.25, 0.3) is 0 Å². The smallest absolute Gasteiger partial charge is 0.407 e. The highest BCUT2D eigenvalue weighted by Gasteiger charge is 2.55. The van der Waals surface area contributed by atoms with Gasteiger partial charge in [0.2, 0.25) is 0 Å². The lowest BCUT2D eigenvalue weighted by Crippen LogP contribution is -2.56. The molecule has 0 saturated heterocycles. The van der Waals surface area contributed by atoms with Crippen LogP contribution >= 0.6 is 0 Å². The van der Waals surface area contributed by atoms with E-state index >= 15 is 0 Å². The van der Waals surface area contributed by atoms with Crippen LogP contribution in [0.15, 0.2) is 52.6 Å². The Morgan fingerprint density at radius 3 is 2.33 bits per heavy atom. The van der Waals surface area contributed by atoms with Gasteiger partial charge in [-0.2, -0.15) is 0 Å². The van der Waals surface area contributed by atoms with Gasteiger partial charge in [-0.1, -0.05) is 70.5 Å². The molecule has 5 rings (SSSR count). The summed E-state index contributed by atoms with van der Waals surface area (Å²) in [7, 11) is -4.35. The number of nitrogens with one attached hydrogen (secondary N) is 2. The number of allylic oxidation sites excluding steroid dienone is 2. The molecule has 51 heavy (non-hydrogen) atoms. The van der Waals surface area contributed by atoms with Crippen LogP contribution in [0, 0.1) is 5.92 Å². The molecule has 3 heterocycles. The molecule has 3 unspecified atom stereocenters. The van der Waals surface area contributed by atoms with E-state index in [0.717, 1.165) is 33.9 Å². The zero-order valence-corrected chi connectivity index (χ0v) is 34.2. The lowest BCUT2D eigenvalue weighted by molar-refractivity contribution is -0.178. The van der Waals surface area contributed by atoms with Crippen molar-refractivity contribution in [1.29, 1.82) is 0 Å². The molecule has 1 amide bonds. The second kappa shape index (κ2) is 14.5. The molecule has 278 valence electrons. The summed E-state index contributed by atoms with van der Waals surface area (Å²) >= 11 is 0. The van der Waals surface area contributed by atoms with Crippen LogP contribution in [-0.2, 0) is 35.1 Å². The number of benzene rings is 1. The third-order valence-corrected chi connectivity index (χ3v) is 14.0. The van der Waals surface area contributed by atoms with Crippen LogP contribution in [0.3, 0.4) is 0 Å². The quantitative estimate of drug-likeness (QED) is 0.101. The number of esters is 1. The minimum atomic E-state index is -2.19. The third-order valence-electron chi connectivity index (χ3n) is 10.3. The third kappa shape index (κ3) is 8.44. The number of carbonyl (C=O) groups is 4. The maximum atomic E-state index is 13.9. The van der Waals surface area contributed by atoms with Crippen molar-refractivity contribution < 1.29 is 33.4 Å². The van der Waals surface area contributed by atoms with Crippen molar-refractivity contribution in [2.75, 3.05) is 13.2 Å². The largest absolute Gasteiger partial charge is 0.452 e. The van der Waals surface area contributed by atoms with Crippen molar-refractivity contribution in [3.05, 3.63) is 63.8 Å². The van der Waals surface area contributed by atoms with E-state index in [1.54, 1.807) is 20.8 Å². The van der Waals surface area contributed by atoms with E-state index in [9.17, 15) is 19.2 Å². The summed E-state index contributed by atoms with van der Waals surface area (Å²) in [5.41, 5.74) is 4.59. The Morgan fingerprint density at radius 1 is 1.02 bits per heavy atom. The van der Waals surface area contributed by atoms with Gasteiger partial charge in [0.05, 0.1) is 6.61 Å². The molecule has 0 saturated carbocycles. The van der Waals surface area contributed by atoms with Crippen molar-refractivity contribution in [3.63, 3.8) is 0 Å². The Bertz CT molecular complexity index is 1680. The Balaban J connectivity index is 1.50. The molecule has 1 aliphatic carbocycles. The van der Waals surface area contributed by atoms with Crippen molar-refractivity contribution in [2.45, 2.75) is 129 Å². The summed E-state index contributed by atoms with van der Waals surface area (Å²) in [6.45, 7) is 20.9. The number of hydrogen-bond acceptors (Lipinski definition) is 9. The molecule has 3 atom stereocenters. The number of hydrogen-bond donors (Lipinski definition) is 2. The molecule has 0 bridgehead atoms. The fourth-order valence-corrected chi connectivity index (χ4v) is 8.98. The predicted octanol–water partition coefficient (Wildman–Crippen LogP) is 7.00. The number of fused-ring (bicyclic) bond motifs is 3. The van der Waals surface area contributed by atoms with Gasteiger partial charge in [-0.25, -0.2) is 4.79 Å². The van der Waals surface area contributed by atoms with Gasteiger partial charge in [0.1, 0.15) is 44.5 Å². The van der Waals surface area contributed by atoms with Gasteiger partial charge in [-0.15, -0.1) is 0 Å². The molecule has 1 aromatic carbocycles. The lowest BCUT2D eigenvalue weighted by atomic mass is 9.70. The summed E-state index contributed by atoms with van der Waals surface area (Å²) in [5, 5.41) is 6.86. The fourth-order valence-electron chi connectivity index (χ4n) is 7.37. The van der Waals surface area contributed by atoms with E-state index in [0.29, 0.717) is 32.2 Å². The molecule has 0 spiro atoms. The summed E-state index contributed by atoms with van der Waals surface area (Å²) < 4.78 is 18.6. The normalized spacial score (nSPS) is 22.9. The first-order valence-corrected chi connectivity index (χ1v) is 25.4. The van der Waals surface area contributed by atoms with Crippen LogP contribution in [0.2, 0.25) is 39.3 Å². The first-order valence-electron chi connectivity index (χ1n) is 18.4. The Morgan fingerprint density at radius 2 is 1.69 bits per heavy atom. The van der Waals surface area contributed by atoms with E-state index < -0.39 is 45.5 Å². The van der Waals surface area contributed by atoms with E-state index in [2.05, 4.69) is 59.4 Å². The van der Waals surface area contributed by atoms with Gasteiger partial charge >= 0.3 is 12.1 Å². The molecule has 2 N–H and O–H groups in total. The molecule has 0 aromatic heterocycles. The highest BCUT2D eigenvalue weighted by Crippen LogP contribution is 2.52. The molecular weight excluding hydrogens is 679 g/mol. The van der Waals surface area contributed by atoms with Gasteiger partial charge in [0.15, 0.2) is 5.60 Å². The minimum Gasteiger partial charge on any atom is -0.452 e. The highest BCUT2D eigenvalue weighted by atomic mass is 28.3. The number of rotatable bonds is 12. The van der Waals surface area contributed by atoms with Crippen molar-refractivity contribution in [2.24, 2.45) is 5.92 Å². The summed E-state index contributed by atoms with van der Waals surface area (Å²) in [6, 6.07) is 8.36. The number of alkyl carbamates (subject to hydrolysis) is 1. The van der Waals surface area contributed by atoms with Gasteiger partial charge in [-0.05, 0) is 62.0 Å². The maximum absolute atomic E-state index is 13.9. The topological polar surface area (TPSA) is 123 Å². The van der Waals surface area contributed by atoms with E-state index in [1.807, 2.05) is 32.6 Å². The summed E-state index contributed by atoms with van der Waals surface area (Å²) in [6.07, 6.45) is 2.79. The van der Waals surface area contributed by atoms with Crippen molar-refractivity contribution >= 4 is 45.1 Å². The first kappa shape index (κ1) is 38.7. The number of amides is 1. The van der Waals surface area contributed by atoms with Crippen molar-refractivity contribution in [1.82, 2.24) is 15.5 Å². The van der Waals surface area contributed by atoms with Crippen LogP contribution in [0.25, 0.3) is 6.08 Å².